The summed E-state index contributed by atoms with van der Waals surface area (Å²) in [6.45, 7) is 23.6. The van der Waals surface area contributed by atoms with Gasteiger partial charge in [0.25, 0.3) is 0 Å². The van der Waals surface area contributed by atoms with Gasteiger partial charge in [-0.15, -0.1) is 0 Å². The highest BCUT2D eigenvalue weighted by Gasteiger charge is 2.43. The van der Waals surface area contributed by atoms with E-state index < -0.39 is 0 Å². The Bertz CT molecular complexity index is 630. The van der Waals surface area contributed by atoms with Gasteiger partial charge in [0.15, 0.2) is 0 Å². The van der Waals surface area contributed by atoms with Crippen molar-refractivity contribution in [3.8, 4) is 0 Å². The van der Waals surface area contributed by atoms with Gasteiger partial charge in [0.2, 0.25) is 0 Å². The third-order valence-corrected chi connectivity index (χ3v) is 7.45. The Labute approximate surface area is 157 Å². The fourth-order valence-corrected chi connectivity index (χ4v) is 4.90. The molecule has 0 radical (unpaired) electrons. The van der Waals surface area contributed by atoms with E-state index in [-0.39, 0.29) is 0 Å². The van der Waals surface area contributed by atoms with Crippen LogP contribution in [0, 0.1) is 0 Å². The molecule has 0 bridgehead atoms. The molecule has 0 N–H and O–H groups in total. The summed E-state index contributed by atoms with van der Waals surface area (Å²) in [5.41, 5.74) is 7.85. The molecule has 0 saturated heterocycles. The van der Waals surface area contributed by atoms with Crippen LogP contribution in [0.25, 0.3) is 0 Å². The highest BCUT2D eigenvalue weighted by Crippen LogP contribution is 2.53. The smallest absolute Gasteiger partial charge is 0.00745 e. The monoisotopic (exact) mass is 342 g/mol. The van der Waals surface area contributed by atoms with Crippen molar-refractivity contribution in [3.63, 3.8) is 0 Å². The maximum Gasteiger partial charge on any atom is -0.00745 e. The molecule has 2 aliphatic rings. The predicted molar refractivity (Wildman–Crippen MR) is 113 cm³/mol. The van der Waals surface area contributed by atoms with Crippen molar-refractivity contribution in [2.45, 2.75) is 123 Å². The van der Waals surface area contributed by atoms with Crippen molar-refractivity contribution in [2.75, 3.05) is 0 Å². The van der Waals surface area contributed by atoms with Gasteiger partial charge in [0.05, 0.1) is 0 Å². The highest BCUT2D eigenvalue weighted by molar-refractivity contribution is 5.52. The number of hydrogen-bond donors (Lipinski definition) is 0. The van der Waals surface area contributed by atoms with Crippen LogP contribution in [-0.4, -0.2) is 0 Å². The van der Waals surface area contributed by atoms with Gasteiger partial charge in [0.1, 0.15) is 0 Å². The fraction of sp³-hybridized carbons (Fsp3) is 0.760. The van der Waals surface area contributed by atoms with Crippen molar-refractivity contribution in [2.24, 2.45) is 0 Å². The molecule has 0 nitrogen and oxygen atoms in total. The number of hydrogen-bond acceptors (Lipinski definition) is 0. The molecule has 0 saturated carbocycles. The van der Waals surface area contributed by atoms with Gasteiger partial charge < -0.3 is 0 Å². The maximum atomic E-state index is 2.63. The van der Waals surface area contributed by atoms with E-state index in [4.69, 9.17) is 0 Å². The predicted octanol–water partition coefficient (Wildman–Crippen LogP) is 7.80. The van der Waals surface area contributed by atoms with Crippen LogP contribution in [0.1, 0.15) is 124 Å². The SMILES string of the molecule is CC.CCC1(C)CCC(C)(C)c2cc3c(cc21)C(C)(C)CCC3(C)C. The third kappa shape index (κ3) is 3.31. The lowest BCUT2D eigenvalue weighted by atomic mass is 9.56. The minimum absolute atomic E-state index is 0.316. The van der Waals surface area contributed by atoms with E-state index in [9.17, 15) is 0 Å². The van der Waals surface area contributed by atoms with Gasteiger partial charge in [-0.3, -0.25) is 0 Å². The topological polar surface area (TPSA) is 0 Å². The summed E-state index contributed by atoms with van der Waals surface area (Å²) >= 11 is 0. The number of fused-ring (bicyclic) bond motifs is 2. The van der Waals surface area contributed by atoms with Crippen molar-refractivity contribution < 1.29 is 0 Å². The fourth-order valence-electron chi connectivity index (χ4n) is 4.90. The van der Waals surface area contributed by atoms with Gasteiger partial charge in [-0.1, -0.05) is 81.4 Å². The first-order valence-corrected chi connectivity index (χ1v) is 10.6. The molecule has 1 atom stereocenters. The second kappa shape index (κ2) is 6.43. The van der Waals surface area contributed by atoms with Crippen LogP contribution in [0.15, 0.2) is 12.1 Å². The van der Waals surface area contributed by atoms with Gasteiger partial charge in [-0.05, 0) is 76.0 Å². The van der Waals surface area contributed by atoms with Gasteiger partial charge in [0, 0.05) is 0 Å². The van der Waals surface area contributed by atoms with E-state index >= 15 is 0 Å². The highest BCUT2D eigenvalue weighted by atomic mass is 14.5. The standard InChI is InChI=1S/C23H36.C2H6/c1-9-23(8)13-12-22(6,7)18-14-16-17(15-19(18)23)21(4,5)11-10-20(16,2)3;1-2/h14-15H,9-13H2,1-8H3;1-2H3. The molecule has 142 valence electrons. The lowest BCUT2D eigenvalue weighted by molar-refractivity contribution is 0.295. The van der Waals surface area contributed by atoms with Crippen LogP contribution in [0.2, 0.25) is 0 Å². The van der Waals surface area contributed by atoms with Gasteiger partial charge in [-0.2, -0.15) is 0 Å². The molecule has 0 heteroatoms. The summed E-state index contributed by atoms with van der Waals surface area (Å²) in [4.78, 5) is 0. The summed E-state index contributed by atoms with van der Waals surface area (Å²) in [6, 6.07) is 5.26. The summed E-state index contributed by atoms with van der Waals surface area (Å²) in [5, 5.41) is 0. The Balaban J connectivity index is 0.00000109. The number of rotatable bonds is 1. The van der Waals surface area contributed by atoms with E-state index in [0.29, 0.717) is 21.7 Å². The Kier molecular flexibility index (Phi) is 5.28. The quantitative estimate of drug-likeness (QED) is 0.488. The average Bonchev–Trinajstić information content (AvgIpc) is 2.57. The first-order chi connectivity index (χ1) is 11.4. The second-order valence-corrected chi connectivity index (χ2v) is 10.5. The Hall–Kier alpha value is -0.780. The normalized spacial score (nSPS) is 28.2. The summed E-state index contributed by atoms with van der Waals surface area (Å²) in [6.07, 6.45) is 6.49. The first kappa shape index (κ1) is 20.5. The minimum Gasteiger partial charge on any atom is -0.0683 e. The van der Waals surface area contributed by atoms with Crippen molar-refractivity contribution in [1.29, 1.82) is 0 Å². The molecule has 1 unspecified atom stereocenters. The molecule has 1 aromatic rings. The molecule has 0 amide bonds. The summed E-state index contributed by atoms with van der Waals surface area (Å²) < 4.78 is 0. The second-order valence-electron chi connectivity index (χ2n) is 10.5. The zero-order valence-electron chi connectivity index (χ0n) is 18.7. The third-order valence-electron chi connectivity index (χ3n) is 7.45. The minimum atomic E-state index is 0.316. The molecular formula is C25H42. The van der Waals surface area contributed by atoms with Crippen molar-refractivity contribution >= 4 is 0 Å². The van der Waals surface area contributed by atoms with E-state index in [2.05, 4.69) is 67.5 Å². The Morgan fingerprint density at radius 1 is 0.600 bits per heavy atom. The molecule has 3 rings (SSSR count). The first-order valence-electron chi connectivity index (χ1n) is 10.6. The van der Waals surface area contributed by atoms with Gasteiger partial charge >= 0.3 is 0 Å². The lowest BCUT2D eigenvalue weighted by Gasteiger charge is -2.48. The molecule has 2 aliphatic carbocycles. The molecule has 0 aromatic heterocycles. The van der Waals surface area contributed by atoms with Crippen molar-refractivity contribution in [1.82, 2.24) is 0 Å². The zero-order valence-corrected chi connectivity index (χ0v) is 18.7. The van der Waals surface area contributed by atoms with E-state index in [1.807, 2.05) is 13.8 Å². The van der Waals surface area contributed by atoms with Crippen molar-refractivity contribution in [3.05, 3.63) is 34.4 Å². The van der Waals surface area contributed by atoms with Crippen LogP contribution in [0.4, 0.5) is 0 Å². The van der Waals surface area contributed by atoms with E-state index in [0.717, 1.165) is 0 Å². The molecule has 0 heterocycles. The van der Waals surface area contributed by atoms with Crippen LogP contribution >= 0.6 is 0 Å². The summed E-state index contributed by atoms with van der Waals surface area (Å²) in [7, 11) is 0. The van der Waals surface area contributed by atoms with Gasteiger partial charge in [-0.25, -0.2) is 0 Å². The molecule has 0 spiro atoms. The van der Waals surface area contributed by atoms with Crippen LogP contribution in [0.3, 0.4) is 0 Å². The van der Waals surface area contributed by atoms with E-state index in [1.165, 1.54) is 32.1 Å². The molecule has 0 aliphatic heterocycles. The molecule has 1 aromatic carbocycles. The Morgan fingerprint density at radius 2 is 0.920 bits per heavy atom. The lowest BCUT2D eigenvalue weighted by Crippen LogP contribution is -2.39. The maximum absolute atomic E-state index is 2.63. The van der Waals surface area contributed by atoms with Crippen LogP contribution in [-0.2, 0) is 21.7 Å². The number of benzene rings is 1. The molecular weight excluding hydrogens is 300 g/mol. The average molecular weight is 343 g/mol. The molecule has 25 heavy (non-hydrogen) atoms. The van der Waals surface area contributed by atoms with Crippen LogP contribution < -0.4 is 0 Å². The molecule has 0 fully saturated rings. The van der Waals surface area contributed by atoms with E-state index in [1.54, 1.807) is 22.3 Å². The van der Waals surface area contributed by atoms with Crippen LogP contribution in [0.5, 0.6) is 0 Å². The Morgan fingerprint density at radius 3 is 1.32 bits per heavy atom. The largest absolute Gasteiger partial charge is 0.0683 e. The summed E-state index contributed by atoms with van der Waals surface area (Å²) in [5.74, 6) is 0. The zero-order chi connectivity index (χ0) is 19.3.